The van der Waals surface area contributed by atoms with Gasteiger partial charge in [0, 0.05) is 20.1 Å². The quantitative estimate of drug-likeness (QED) is 0.599. The van der Waals surface area contributed by atoms with Crippen molar-refractivity contribution in [1.82, 2.24) is 10.6 Å². The molecule has 3 N–H and O–H groups in total. The molecule has 1 rings (SSSR count). The van der Waals surface area contributed by atoms with E-state index < -0.39 is 55.3 Å². The molecule has 24 heavy (non-hydrogen) atoms. The summed E-state index contributed by atoms with van der Waals surface area (Å²) in [4.78, 5) is 21.7. The van der Waals surface area contributed by atoms with Crippen LogP contribution in [0.25, 0.3) is 0 Å². The van der Waals surface area contributed by atoms with Gasteiger partial charge in [-0.3, -0.25) is 9.59 Å². The molecule has 0 spiro atoms. The van der Waals surface area contributed by atoms with Gasteiger partial charge >= 0.3 is 24.2 Å². The molecule has 7 nitrogen and oxygen atoms in total. The predicted molar refractivity (Wildman–Crippen MR) is 63.3 cm³/mol. The minimum Gasteiger partial charge on any atom is -0.388 e. The van der Waals surface area contributed by atoms with Crippen molar-refractivity contribution in [2.24, 2.45) is 0 Å². The van der Waals surface area contributed by atoms with E-state index in [9.17, 15) is 41.0 Å². The second-order valence-electron chi connectivity index (χ2n) is 4.85. The SMILES string of the molecule is CO[C@@H]1C[C@@H](NC(=O)C(F)(F)F)[C@H](O)[C@H](CNC(=O)C(F)(F)F)O1. The van der Waals surface area contributed by atoms with Gasteiger partial charge in [-0.25, -0.2) is 0 Å². The lowest BCUT2D eigenvalue weighted by Gasteiger charge is -2.39. The van der Waals surface area contributed by atoms with E-state index >= 15 is 0 Å². The normalized spacial score (nSPS) is 28.3. The van der Waals surface area contributed by atoms with E-state index in [-0.39, 0.29) is 6.42 Å². The maximum atomic E-state index is 12.3. The maximum Gasteiger partial charge on any atom is 0.471 e. The number of carbonyl (C=O) groups excluding carboxylic acids is 2. The summed E-state index contributed by atoms with van der Waals surface area (Å²) in [5, 5.41) is 12.8. The summed E-state index contributed by atoms with van der Waals surface area (Å²) in [6, 6.07) is -1.49. The Labute approximate surface area is 131 Å². The van der Waals surface area contributed by atoms with Gasteiger partial charge in [0.1, 0.15) is 12.2 Å². The van der Waals surface area contributed by atoms with Crippen molar-refractivity contribution >= 4 is 11.8 Å². The zero-order chi connectivity index (χ0) is 18.7. The Hall–Kier alpha value is -1.60. The number of hydrogen-bond donors (Lipinski definition) is 3. The number of rotatable bonds is 4. The maximum absolute atomic E-state index is 12.3. The Morgan fingerprint density at radius 1 is 1.17 bits per heavy atom. The van der Waals surface area contributed by atoms with Gasteiger partial charge in [0.05, 0.1) is 6.04 Å². The minimum atomic E-state index is -5.21. The van der Waals surface area contributed by atoms with Crippen molar-refractivity contribution in [3.05, 3.63) is 0 Å². The molecule has 0 aromatic carbocycles. The number of alkyl halides is 6. The van der Waals surface area contributed by atoms with E-state index in [0.29, 0.717) is 0 Å². The zero-order valence-corrected chi connectivity index (χ0v) is 12.1. The summed E-state index contributed by atoms with van der Waals surface area (Å²) in [5.74, 6) is -4.64. The van der Waals surface area contributed by atoms with Crippen molar-refractivity contribution in [2.45, 2.75) is 43.3 Å². The third-order valence-electron chi connectivity index (χ3n) is 3.12. The summed E-state index contributed by atoms with van der Waals surface area (Å²) >= 11 is 0. The van der Waals surface area contributed by atoms with E-state index in [1.54, 1.807) is 0 Å². The first-order valence-electron chi connectivity index (χ1n) is 6.45. The molecule has 0 saturated carbocycles. The molecular weight excluding hydrogens is 354 g/mol. The number of aliphatic hydroxyl groups is 1. The molecular formula is C11H14F6N2O5. The smallest absolute Gasteiger partial charge is 0.388 e. The van der Waals surface area contributed by atoms with Crippen LogP contribution in [0.2, 0.25) is 0 Å². The van der Waals surface area contributed by atoms with Gasteiger partial charge in [-0.2, -0.15) is 26.3 Å². The van der Waals surface area contributed by atoms with Crippen LogP contribution in [-0.2, 0) is 19.1 Å². The molecule has 1 aliphatic heterocycles. The van der Waals surface area contributed by atoms with E-state index in [0.717, 1.165) is 7.11 Å². The van der Waals surface area contributed by atoms with Crippen LogP contribution in [0.1, 0.15) is 6.42 Å². The molecule has 1 saturated heterocycles. The van der Waals surface area contributed by atoms with E-state index in [4.69, 9.17) is 9.47 Å². The molecule has 0 bridgehead atoms. The summed E-state index contributed by atoms with van der Waals surface area (Å²) in [7, 11) is 1.11. The molecule has 0 aromatic rings. The average molecular weight is 368 g/mol. The molecule has 4 atom stereocenters. The highest BCUT2D eigenvalue weighted by molar-refractivity contribution is 5.82. The van der Waals surface area contributed by atoms with E-state index in [1.165, 1.54) is 10.6 Å². The number of amides is 2. The average Bonchev–Trinajstić information content (AvgIpc) is 2.45. The summed E-state index contributed by atoms with van der Waals surface area (Å²) in [5.41, 5.74) is 0. The number of hydrogen-bond acceptors (Lipinski definition) is 5. The van der Waals surface area contributed by atoms with Crippen LogP contribution in [0.5, 0.6) is 0 Å². The molecule has 1 aliphatic rings. The third-order valence-corrected chi connectivity index (χ3v) is 3.12. The Balaban J connectivity index is 2.75. The Morgan fingerprint density at radius 2 is 1.71 bits per heavy atom. The lowest BCUT2D eigenvalue weighted by atomic mass is 9.98. The van der Waals surface area contributed by atoms with Crippen molar-refractivity contribution in [1.29, 1.82) is 0 Å². The van der Waals surface area contributed by atoms with Gasteiger partial charge in [-0.1, -0.05) is 0 Å². The molecule has 0 unspecified atom stereocenters. The van der Waals surface area contributed by atoms with Crippen LogP contribution in [-0.4, -0.2) is 67.5 Å². The summed E-state index contributed by atoms with van der Waals surface area (Å²) < 4.78 is 82.8. The topological polar surface area (TPSA) is 96.9 Å². The van der Waals surface area contributed by atoms with Gasteiger partial charge in [-0.15, -0.1) is 0 Å². The molecule has 2 amide bonds. The van der Waals surface area contributed by atoms with Crippen LogP contribution in [0.3, 0.4) is 0 Å². The molecule has 140 valence electrons. The predicted octanol–water partition coefficient (Wildman–Crippen LogP) is -0.166. The van der Waals surface area contributed by atoms with Gasteiger partial charge in [0.2, 0.25) is 0 Å². The first kappa shape index (κ1) is 20.4. The second-order valence-corrected chi connectivity index (χ2v) is 4.85. The number of aliphatic hydroxyl groups excluding tert-OH is 1. The van der Waals surface area contributed by atoms with Crippen molar-refractivity contribution < 1.29 is 50.5 Å². The molecule has 1 heterocycles. The van der Waals surface area contributed by atoms with Crippen molar-refractivity contribution in [3.8, 4) is 0 Å². The molecule has 13 heteroatoms. The zero-order valence-electron chi connectivity index (χ0n) is 12.1. The molecule has 0 aliphatic carbocycles. The van der Waals surface area contributed by atoms with Crippen LogP contribution in [0, 0.1) is 0 Å². The van der Waals surface area contributed by atoms with Crippen molar-refractivity contribution in [2.75, 3.05) is 13.7 Å². The van der Waals surface area contributed by atoms with E-state index in [1.807, 2.05) is 0 Å². The lowest BCUT2D eigenvalue weighted by Crippen LogP contribution is -2.60. The van der Waals surface area contributed by atoms with Gasteiger partial charge in [0.25, 0.3) is 0 Å². The van der Waals surface area contributed by atoms with Gasteiger partial charge in [-0.05, 0) is 0 Å². The third kappa shape index (κ3) is 5.49. The fourth-order valence-corrected chi connectivity index (χ4v) is 1.95. The molecule has 0 radical (unpaired) electrons. The van der Waals surface area contributed by atoms with Crippen LogP contribution in [0.15, 0.2) is 0 Å². The minimum absolute atomic E-state index is 0.372. The number of nitrogens with one attached hydrogen (secondary N) is 2. The first-order valence-corrected chi connectivity index (χ1v) is 6.45. The monoisotopic (exact) mass is 368 g/mol. The molecule has 1 fully saturated rings. The standard InChI is InChI=1S/C11H14F6N2O5/c1-23-6-2-4(19-9(22)11(15,16)17)7(20)5(24-6)3-18-8(21)10(12,13)14/h4-7,20H,2-3H2,1H3,(H,18,21)(H,19,22)/t4-,5+,6+,7+/m1/s1. The van der Waals surface area contributed by atoms with Crippen molar-refractivity contribution in [3.63, 3.8) is 0 Å². The highest BCUT2D eigenvalue weighted by Crippen LogP contribution is 2.23. The number of ether oxygens (including phenoxy) is 2. The first-order chi connectivity index (χ1) is 10.9. The van der Waals surface area contributed by atoms with Crippen LogP contribution < -0.4 is 10.6 Å². The van der Waals surface area contributed by atoms with Gasteiger partial charge in [0.15, 0.2) is 6.29 Å². The number of carbonyl (C=O) groups is 2. The fraction of sp³-hybridized carbons (Fsp3) is 0.818. The number of methoxy groups -OCH3 is 1. The van der Waals surface area contributed by atoms with Crippen LogP contribution in [0.4, 0.5) is 26.3 Å². The Morgan fingerprint density at radius 3 is 2.17 bits per heavy atom. The Kier molecular flexibility index (Phi) is 6.41. The summed E-state index contributed by atoms with van der Waals surface area (Å²) in [6.07, 6.45) is -15.3. The van der Waals surface area contributed by atoms with E-state index in [2.05, 4.69) is 0 Å². The highest BCUT2D eigenvalue weighted by atomic mass is 19.4. The lowest BCUT2D eigenvalue weighted by molar-refractivity contribution is -0.222. The Bertz CT molecular complexity index is 469. The second kappa shape index (κ2) is 7.53. The largest absolute Gasteiger partial charge is 0.471 e. The fourth-order valence-electron chi connectivity index (χ4n) is 1.95. The summed E-state index contributed by atoms with van der Waals surface area (Å²) in [6.45, 7) is -0.849. The molecule has 0 aromatic heterocycles. The van der Waals surface area contributed by atoms with Crippen LogP contribution >= 0.6 is 0 Å². The van der Waals surface area contributed by atoms with Gasteiger partial charge < -0.3 is 25.2 Å². The highest BCUT2D eigenvalue weighted by Gasteiger charge is 2.45. The number of halogens is 6.